The minimum absolute atomic E-state index is 0.517. The third kappa shape index (κ3) is 1.67. The number of carbonyl (C=O) groups excluding carboxylic acids is 1. The Bertz CT molecular complexity index is 672. The molecule has 0 fully saturated rings. The van der Waals surface area contributed by atoms with Crippen molar-refractivity contribution >= 4 is 6.29 Å². The Morgan fingerprint density at radius 2 is 2.28 bits per heavy atom. The molecule has 0 saturated heterocycles. The van der Waals surface area contributed by atoms with Crippen molar-refractivity contribution in [3.05, 3.63) is 42.4 Å². The molecule has 0 amide bonds. The van der Waals surface area contributed by atoms with Crippen LogP contribution < -0.4 is 0 Å². The first-order chi connectivity index (χ1) is 8.88. The van der Waals surface area contributed by atoms with Crippen molar-refractivity contribution in [3.63, 3.8) is 0 Å². The van der Waals surface area contributed by atoms with Crippen molar-refractivity contribution in [2.75, 3.05) is 0 Å². The van der Waals surface area contributed by atoms with E-state index in [1.165, 1.54) is 12.5 Å². The molecule has 0 atom stereocenters. The predicted molar refractivity (Wildman–Crippen MR) is 62.1 cm³/mol. The molecule has 18 heavy (non-hydrogen) atoms. The number of benzene rings is 1. The lowest BCUT2D eigenvalue weighted by atomic mass is 10.1. The average molecular weight is 240 g/mol. The van der Waals surface area contributed by atoms with E-state index in [1.54, 1.807) is 4.68 Å². The number of nitrogens with one attached hydrogen (secondary N) is 1. The highest BCUT2D eigenvalue weighted by atomic mass is 16.1. The molecular weight excluding hydrogens is 232 g/mol. The lowest BCUT2D eigenvalue weighted by Crippen LogP contribution is -1.95. The van der Waals surface area contributed by atoms with Crippen LogP contribution in [-0.2, 0) is 0 Å². The van der Waals surface area contributed by atoms with E-state index in [9.17, 15) is 4.79 Å². The summed E-state index contributed by atoms with van der Waals surface area (Å²) in [6, 6.07) is 7.49. The molecule has 0 radical (unpaired) electrons. The van der Waals surface area contributed by atoms with E-state index in [2.05, 4.69) is 25.7 Å². The first-order valence-corrected chi connectivity index (χ1v) is 5.21. The van der Waals surface area contributed by atoms with E-state index >= 15 is 0 Å². The molecule has 0 unspecified atom stereocenters. The van der Waals surface area contributed by atoms with E-state index in [4.69, 9.17) is 0 Å². The van der Waals surface area contributed by atoms with Gasteiger partial charge in [-0.15, -0.1) is 5.10 Å². The van der Waals surface area contributed by atoms with Gasteiger partial charge in [0.2, 0.25) is 0 Å². The fourth-order valence-electron chi connectivity index (χ4n) is 1.70. The molecule has 0 saturated carbocycles. The van der Waals surface area contributed by atoms with Crippen LogP contribution in [-0.4, -0.2) is 36.7 Å². The normalized spacial score (nSPS) is 10.4. The summed E-state index contributed by atoms with van der Waals surface area (Å²) in [4.78, 5) is 10.9. The molecule has 3 aromatic rings. The first-order valence-electron chi connectivity index (χ1n) is 5.21. The molecular formula is C11H8N6O. The molecule has 7 heteroatoms. The lowest BCUT2D eigenvalue weighted by Gasteiger charge is -2.03. The number of aromatic amines is 1. The Morgan fingerprint density at radius 1 is 1.33 bits per heavy atom. The second-order valence-electron chi connectivity index (χ2n) is 3.62. The molecule has 0 aliphatic rings. The molecule has 2 aromatic heterocycles. The van der Waals surface area contributed by atoms with Crippen LogP contribution in [0.25, 0.3) is 16.9 Å². The molecule has 0 aliphatic carbocycles. The van der Waals surface area contributed by atoms with Gasteiger partial charge in [-0.1, -0.05) is 12.1 Å². The van der Waals surface area contributed by atoms with Crippen LogP contribution in [0.4, 0.5) is 0 Å². The van der Waals surface area contributed by atoms with Crippen LogP contribution in [0.1, 0.15) is 10.4 Å². The Hall–Kier alpha value is -2.83. The zero-order valence-corrected chi connectivity index (χ0v) is 9.19. The van der Waals surface area contributed by atoms with Gasteiger partial charge < -0.3 is 0 Å². The quantitative estimate of drug-likeness (QED) is 0.686. The van der Waals surface area contributed by atoms with E-state index in [1.807, 2.05) is 24.3 Å². The number of hydrogen-bond acceptors (Lipinski definition) is 5. The molecule has 0 bridgehead atoms. The van der Waals surface area contributed by atoms with Gasteiger partial charge in [-0.25, -0.2) is 4.68 Å². The smallest absolute Gasteiger partial charge is 0.153 e. The monoisotopic (exact) mass is 240 g/mol. The summed E-state index contributed by atoms with van der Waals surface area (Å²) >= 11 is 0. The number of nitrogens with zero attached hydrogens (tertiary/aromatic N) is 5. The highest BCUT2D eigenvalue weighted by Gasteiger charge is 2.08. The minimum atomic E-state index is 0.517. The van der Waals surface area contributed by atoms with Crippen LogP contribution in [0.3, 0.4) is 0 Å². The number of carbonyl (C=O) groups is 1. The fraction of sp³-hybridized carbons (Fsp3) is 0. The van der Waals surface area contributed by atoms with E-state index in [0.717, 1.165) is 17.5 Å². The van der Waals surface area contributed by atoms with Gasteiger partial charge in [0.1, 0.15) is 6.33 Å². The Labute approximate surface area is 101 Å². The van der Waals surface area contributed by atoms with Gasteiger partial charge in [0.25, 0.3) is 0 Å². The molecule has 3 rings (SSSR count). The standard InChI is InChI=1S/C11H8N6O/c18-6-9-5-12-14-11(9)8-2-1-3-10(4-8)17-7-13-15-16-17/h1-7H,(H,12,14). The number of H-pyrrole nitrogens is 1. The second-order valence-corrected chi connectivity index (χ2v) is 3.62. The van der Waals surface area contributed by atoms with Crippen molar-refractivity contribution < 1.29 is 4.79 Å². The largest absolute Gasteiger partial charge is 0.298 e. The van der Waals surface area contributed by atoms with Crippen molar-refractivity contribution in [1.82, 2.24) is 30.4 Å². The zero-order chi connectivity index (χ0) is 12.4. The molecule has 1 aromatic carbocycles. The average Bonchev–Trinajstić information content (AvgIpc) is 3.10. The van der Waals surface area contributed by atoms with Gasteiger partial charge in [0.15, 0.2) is 6.29 Å². The van der Waals surface area contributed by atoms with E-state index in [-0.39, 0.29) is 0 Å². The maximum absolute atomic E-state index is 10.9. The number of hydrogen-bond donors (Lipinski definition) is 1. The summed E-state index contributed by atoms with van der Waals surface area (Å²) in [6.45, 7) is 0. The van der Waals surface area contributed by atoms with Gasteiger partial charge in [-0.05, 0) is 22.6 Å². The number of rotatable bonds is 3. The maximum atomic E-state index is 10.9. The highest BCUT2D eigenvalue weighted by molar-refractivity contribution is 5.85. The number of tetrazole rings is 1. The molecule has 1 N–H and O–H groups in total. The third-order valence-corrected chi connectivity index (χ3v) is 2.54. The number of aldehydes is 1. The summed E-state index contributed by atoms with van der Waals surface area (Å²) in [5.41, 5.74) is 2.86. The van der Waals surface area contributed by atoms with E-state index in [0.29, 0.717) is 11.3 Å². The molecule has 0 aliphatic heterocycles. The molecule has 2 heterocycles. The van der Waals surface area contributed by atoms with Crippen molar-refractivity contribution in [1.29, 1.82) is 0 Å². The van der Waals surface area contributed by atoms with Gasteiger partial charge in [-0.3, -0.25) is 9.89 Å². The molecule has 7 nitrogen and oxygen atoms in total. The predicted octanol–water partition coefficient (Wildman–Crippen LogP) is 0.865. The second kappa shape index (κ2) is 4.21. The Morgan fingerprint density at radius 3 is 3.06 bits per heavy atom. The summed E-state index contributed by atoms with van der Waals surface area (Å²) < 4.78 is 1.54. The van der Waals surface area contributed by atoms with E-state index < -0.39 is 0 Å². The maximum Gasteiger partial charge on any atom is 0.153 e. The lowest BCUT2D eigenvalue weighted by molar-refractivity contribution is 0.112. The van der Waals surface area contributed by atoms with Crippen molar-refractivity contribution in [3.8, 4) is 16.9 Å². The van der Waals surface area contributed by atoms with Crippen molar-refractivity contribution in [2.24, 2.45) is 0 Å². The molecule has 0 spiro atoms. The van der Waals surface area contributed by atoms with Gasteiger partial charge in [0, 0.05) is 5.56 Å². The fourth-order valence-corrected chi connectivity index (χ4v) is 1.70. The van der Waals surface area contributed by atoms with Gasteiger partial charge in [-0.2, -0.15) is 5.10 Å². The first kappa shape index (κ1) is 10.3. The summed E-state index contributed by atoms with van der Waals surface area (Å²) in [5, 5.41) is 17.6. The van der Waals surface area contributed by atoms with Crippen LogP contribution in [0.15, 0.2) is 36.8 Å². The minimum Gasteiger partial charge on any atom is -0.298 e. The van der Waals surface area contributed by atoms with Crippen molar-refractivity contribution in [2.45, 2.75) is 0 Å². The Kier molecular flexibility index (Phi) is 2.41. The van der Waals surface area contributed by atoms with Gasteiger partial charge >= 0.3 is 0 Å². The summed E-state index contributed by atoms with van der Waals surface area (Å²) in [5.74, 6) is 0. The summed E-state index contributed by atoms with van der Waals surface area (Å²) in [7, 11) is 0. The third-order valence-electron chi connectivity index (χ3n) is 2.54. The topological polar surface area (TPSA) is 89.4 Å². The zero-order valence-electron chi connectivity index (χ0n) is 9.19. The van der Waals surface area contributed by atoms with Gasteiger partial charge in [0.05, 0.1) is 23.1 Å². The highest BCUT2D eigenvalue weighted by Crippen LogP contribution is 2.21. The number of aromatic nitrogens is 6. The van der Waals surface area contributed by atoms with Crippen LogP contribution >= 0.6 is 0 Å². The Balaban J connectivity index is 2.09. The summed E-state index contributed by atoms with van der Waals surface area (Å²) in [6.07, 6.45) is 3.77. The SMILES string of the molecule is O=Cc1cn[nH]c1-c1cccc(-n2cnnn2)c1. The molecule has 88 valence electrons. The van der Waals surface area contributed by atoms with Crippen LogP contribution in [0, 0.1) is 0 Å². The van der Waals surface area contributed by atoms with Crippen LogP contribution in [0.5, 0.6) is 0 Å². The van der Waals surface area contributed by atoms with Crippen LogP contribution in [0.2, 0.25) is 0 Å².